The lowest BCUT2D eigenvalue weighted by atomic mass is 9.90. The van der Waals surface area contributed by atoms with Crippen LogP contribution in [-0.4, -0.2) is 39.8 Å². The third-order valence-corrected chi connectivity index (χ3v) is 5.64. The highest BCUT2D eigenvalue weighted by atomic mass is 19.1. The third kappa shape index (κ3) is 5.46. The van der Waals surface area contributed by atoms with Gasteiger partial charge >= 0.3 is 0 Å². The molecule has 2 amide bonds. The number of amides is 2. The van der Waals surface area contributed by atoms with Gasteiger partial charge in [-0.2, -0.15) is 0 Å². The molecule has 0 unspecified atom stereocenters. The number of carbonyl (C=O) groups is 2. The molecule has 7 heteroatoms. The average Bonchev–Trinajstić information content (AvgIpc) is 2.71. The highest BCUT2D eigenvalue weighted by molar-refractivity contribution is 5.92. The zero-order valence-corrected chi connectivity index (χ0v) is 19.0. The molecule has 1 aromatic heterocycles. The van der Waals surface area contributed by atoms with Crippen LogP contribution in [0.5, 0.6) is 0 Å². The highest BCUT2D eigenvalue weighted by Gasteiger charge is 2.32. The van der Waals surface area contributed by atoms with Gasteiger partial charge in [-0.05, 0) is 38.8 Å². The van der Waals surface area contributed by atoms with Gasteiger partial charge in [-0.25, -0.2) is 14.4 Å². The average molecular weight is 427 g/mol. The summed E-state index contributed by atoms with van der Waals surface area (Å²) in [6, 6.07) is 6.08. The van der Waals surface area contributed by atoms with Crippen LogP contribution < -0.4 is 5.32 Å². The van der Waals surface area contributed by atoms with Gasteiger partial charge in [-0.15, -0.1) is 0 Å². The van der Waals surface area contributed by atoms with Crippen LogP contribution in [0.2, 0.25) is 0 Å². The van der Waals surface area contributed by atoms with E-state index in [1.807, 2.05) is 39.5 Å². The molecule has 6 nitrogen and oxygen atoms in total. The molecule has 0 aliphatic carbocycles. The van der Waals surface area contributed by atoms with Gasteiger partial charge in [0.25, 0.3) is 0 Å². The molecule has 3 rings (SSSR count). The number of likely N-dealkylation sites (tertiary alicyclic amines) is 1. The number of rotatable bonds is 4. The molecular formula is C24H31FN4O2. The van der Waals surface area contributed by atoms with Crippen LogP contribution in [0, 0.1) is 25.1 Å². The number of aromatic nitrogens is 2. The van der Waals surface area contributed by atoms with Crippen molar-refractivity contribution >= 4 is 17.5 Å². The molecule has 0 spiro atoms. The van der Waals surface area contributed by atoms with Crippen molar-refractivity contribution < 1.29 is 14.0 Å². The Hall–Kier alpha value is -2.83. The van der Waals surface area contributed by atoms with E-state index < -0.39 is 11.2 Å². The molecule has 2 aromatic rings. The lowest BCUT2D eigenvalue weighted by Gasteiger charge is -2.36. The monoisotopic (exact) mass is 426 g/mol. The number of nitrogens with zero attached hydrogens (tertiary/aromatic N) is 3. The third-order valence-electron chi connectivity index (χ3n) is 5.64. The number of para-hydroxylation sites is 1. The van der Waals surface area contributed by atoms with Crippen LogP contribution in [-0.2, 0) is 16.0 Å². The van der Waals surface area contributed by atoms with E-state index in [4.69, 9.17) is 0 Å². The summed E-state index contributed by atoms with van der Waals surface area (Å²) in [6.45, 7) is 10.9. The molecule has 1 aliphatic rings. The van der Waals surface area contributed by atoms with Gasteiger partial charge in [0, 0.05) is 41.4 Å². The van der Waals surface area contributed by atoms with Crippen molar-refractivity contribution in [2.24, 2.45) is 5.41 Å². The van der Waals surface area contributed by atoms with Crippen molar-refractivity contribution in [2.75, 3.05) is 18.4 Å². The summed E-state index contributed by atoms with van der Waals surface area (Å²) in [4.78, 5) is 36.4. The normalized spacial score (nSPS) is 16.8. The molecule has 1 fully saturated rings. The first-order valence-electron chi connectivity index (χ1n) is 10.7. The molecule has 1 aliphatic heterocycles. The van der Waals surface area contributed by atoms with Crippen LogP contribution >= 0.6 is 0 Å². The Morgan fingerprint density at radius 3 is 2.42 bits per heavy atom. The topological polar surface area (TPSA) is 75.2 Å². The molecule has 1 atom stereocenters. The van der Waals surface area contributed by atoms with E-state index in [1.54, 1.807) is 12.1 Å². The van der Waals surface area contributed by atoms with Crippen molar-refractivity contribution in [3.63, 3.8) is 0 Å². The predicted molar refractivity (Wildman–Crippen MR) is 118 cm³/mol. The van der Waals surface area contributed by atoms with Crippen molar-refractivity contribution in [1.82, 2.24) is 14.9 Å². The first-order valence-corrected chi connectivity index (χ1v) is 10.7. The van der Waals surface area contributed by atoms with Crippen molar-refractivity contribution in [2.45, 2.75) is 59.8 Å². The minimum Gasteiger partial charge on any atom is -0.342 e. The van der Waals surface area contributed by atoms with Crippen LogP contribution in [0.1, 0.15) is 62.3 Å². The van der Waals surface area contributed by atoms with Gasteiger partial charge in [-0.1, -0.05) is 32.9 Å². The Labute approximate surface area is 183 Å². The number of hydrogen-bond donors (Lipinski definition) is 1. The number of carbonyl (C=O) groups excluding carboxylic acids is 2. The van der Waals surface area contributed by atoms with Crippen LogP contribution in [0.4, 0.5) is 10.1 Å². The molecule has 1 N–H and O–H groups in total. The van der Waals surface area contributed by atoms with Gasteiger partial charge in [0.1, 0.15) is 11.6 Å². The first kappa shape index (κ1) is 22.8. The molecule has 0 saturated carbocycles. The van der Waals surface area contributed by atoms with Crippen molar-refractivity contribution in [1.29, 1.82) is 0 Å². The summed E-state index contributed by atoms with van der Waals surface area (Å²) >= 11 is 0. The number of benzene rings is 1. The number of anilines is 1. The molecule has 0 radical (unpaired) electrons. The van der Waals surface area contributed by atoms with E-state index >= 15 is 0 Å². The second-order valence-corrected chi connectivity index (χ2v) is 9.28. The van der Waals surface area contributed by atoms with E-state index in [2.05, 4.69) is 15.3 Å². The fourth-order valence-electron chi connectivity index (χ4n) is 3.97. The van der Waals surface area contributed by atoms with Gasteiger partial charge < -0.3 is 10.2 Å². The standard InChI is InChI=1S/C24H31FN4O2/c1-15-18(13-21(30)28-20-11-7-6-10-19(20)25)16(2)27-22(26-15)17-9-8-12-29(14-17)23(31)24(3,4)5/h6-7,10-11,17H,8-9,12-14H2,1-5H3,(H,28,30)/t17-/m1/s1. The fourth-order valence-corrected chi connectivity index (χ4v) is 3.97. The SMILES string of the molecule is Cc1nc([C@@H]2CCCN(C(=O)C(C)(C)C)C2)nc(C)c1CC(=O)Nc1ccccc1F. The molecule has 0 bridgehead atoms. The van der Waals surface area contributed by atoms with Gasteiger partial charge in [-0.3, -0.25) is 9.59 Å². The molecule has 1 aromatic carbocycles. The van der Waals surface area contributed by atoms with Gasteiger partial charge in [0.15, 0.2) is 0 Å². The largest absolute Gasteiger partial charge is 0.342 e. The molecule has 31 heavy (non-hydrogen) atoms. The van der Waals surface area contributed by atoms with Gasteiger partial charge in [0.2, 0.25) is 11.8 Å². The smallest absolute Gasteiger partial charge is 0.229 e. The summed E-state index contributed by atoms with van der Waals surface area (Å²) in [6.07, 6.45) is 1.92. The number of piperidine rings is 1. The van der Waals surface area contributed by atoms with Crippen LogP contribution in [0.15, 0.2) is 24.3 Å². The fraction of sp³-hybridized carbons (Fsp3) is 0.500. The second-order valence-electron chi connectivity index (χ2n) is 9.28. The maximum Gasteiger partial charge on any atom is 0.229 e. The Bertz CT molecular complexity index is 961. The van der Waals surface area contributed by atoms with E-state index in [9.17, 15) is 14.0 Å². The molecular weight excluding hydrogens is 395 g/mol. The number of hydrogen-bond acceptors (Lipinski definition) is 4. The van der Waals surface area contributed by atoms with Gasteiger partial charge in [0.05, 0.1) is 12.1 Å². The Morgan fingerprint density at radius 2 is 1.81 bits per heavy atom. The minimum atomic E-state index is -0.470. The summed E-state index contributed by atoms with van der Waals surface area (Å²) < 4.78 is 13.8. The summed E-state index contributed by atoms with van der Waals surface area (Å²) in [5.74, 6) is 0.167. The predicted octanol–water partition coefficient (Wildman–Crippen LogP) is 4.17. The quantitative estimate of drug-likeness (QED) is 0.796. The first-order chi connectivity index (χ1) is 14.6. The maximum atomic E-state index is 13.8. The Kier molecular flexibility index (Phi) is 6.72. The molecule has 2 heterocycles. The van der Waals surface area contributed by atoms with Crippen LogP contribution in [0.25, 0.3) is 0 Å². The lowest BCUT2D eigenvalue weighted by molar-refractivity contribution is -0.140. The van der Waals surface area contributed by atoms with Crippen LogP contribution in [0.3, 0.4) is 0 Å². The highest BCUT2D eigenvalue weighted by Crippen LogP contribution is 2.29. The van der Waals surface area contributed by atoms with Crippen molar-refractivity contribution in [3.05, 3.63) is 52.9 Å². The summed E-state index contributed by atoms with van der Waals surface area (Å²) in [5.41, 5.74) is 1.97. The number of halogens is 1. The van der Waals surface area contributed by atoms with E-state index in [1.165, 1.54) is 12.1 Å². The maximum absolute atomic E-state index is 13.8. The number of nitrogens with one attached hydrogen (secondary N) is 1. The summed E-state index contributed by atoms with van der Waals surface area (Å²) in [5, 5.41) is 2.61. The van der Waals surface area contributed by atoms with E-state index in [0.717, 1.165) is 42.2 Å². The zero-order valence-electron chi connectivity index (χ0n) is 19.0. The Balaban J connectivity index is 1.73. The minimum absolute atomic E-state index is 0.0750. The molecule has 166 valence electrons. The Morgan fingerprint density at radius 1 is 1.16 bits per heavy atom. The molecule has 1 saturated heterocycles. The summed E-state index contributed by atoms with van der Waals surface area (Å²) in [7, 11) is 0. The number of aryl methyl sites for hydroxylation is 2. The lowest BCUT2D eigenvalue weighted by Crippen LogP contribution is -2.45. The van der Waals surface area contributed by atoms with E-state index in [-0.39, 0.29) is 29.8 Å². The zero-order chi connectivity index (χ0) is 22.8. The second kappa shape index (κ2) is 9.12. The van der Waals surface area contributed by atoms with Crippen molar-refractivity contribution in [3.8, 4) is 0 Å². The van der Waals surface area contributed by atoms with E-state index in [0.29, 0.717) is 6.54 Å².